The van der Waals surface area contributed by atoms with Crippen LogP contribution in [0, 0.1) is 12.8 Å². The van der Waals surface area contributed by atoms with Gasteiger partial charge in [0.15, 0.2) is 5.78 Å². The fourth-order valence-electron chi connectivity index (χ4n) is 1.15. The zero-order valence-corrected chi connectivity index (χ0v) is 9.47. The maximum Gasteiger partial charge on any atom is 0.166 e. The molecule has 1 unspecified atom stereocenters. The Labute approximate surface area is 87.3 Å². The van der Waals surface area contributed by atoms with Gasteiger partial charge in [0.2, 0.25) is 0 Å². The highest BCUT2D eigenvalue weighted by atomic mass is 79.9. The van der Waals surface area contributed by atoms with Crippen molar-refractivity contribution in [3.63, 3.8) is 0 Å². The number of ketones is 1. The summed E-state index contributed by atoms with van der Waals surface area (Å²) >= 11 is 3.31. The maximum atomic E-state index is 11.7. The first-order valence-electron chi connectivity index (χ1n) is 4.32. The van der Waals surface area contributed by atoms with Crippen molar-refractivity contribution in [3.8, 4) is 0 Å². The molecule has 0 spiro atoms. The van der Waals surface area contributed by atoms with Crippen LogP contribution in [-0.2, 0) is 0 Å². The van der Waals surface area contributed by atoms with Gasteiger partial charge in [-0.05, 0) is 13.0 Å². The molecule has 0 aliphatic carbocycles. The lowest BCUT2D eigenvalue weighted by Crippen LogP contribution is -2.12. The van der Waals surface area contributed by atoms with Crippen LogP contribution in [0.2, 0.25) is 0 Å². The molecule has 0 fully saturated rings. The number of alkyl halides is 1. The monoisotopic (exact) mass is 240 g/mol. The van der Waals surface area contributed by atoms with Crippen LogP contribution in [0.25, 0.3) is 0 Å². The van der Waals surface area contributed by atoms with E-state index >= 15 is 0 Å². The summed E-state index contributed by atoms with van der Waals surface area (Å²) in [6.45, 7) is 3.93. The lowest BCUT2D eigenvalue weighted by Gasteiger charge is -2.06. The molecule has 0 heterocycles. The van der Waals surface area contributed by atoms with Crippen molar-refractivity contribution in [1.29, 1.82) is 0 Å². The van der Waals surface area contributed by atoms with Crippen molar-refractivity contribution in [2.24, 2.45) is 5.92 Å². The molecular formula is C11H13BrO. The summed E-state index contributed by atoms with van der Waals surface area (Å²) in [5.74, 6) is 0.266. The van der Waals surface area contributed by atoms with Gasteiger partial charge < -0.3 is 0 Å². The van der Waals surface area contributed by atoms with Crippen molar-refractivity contribution in [1.82, 2.24) is 0 Å². The van der Waals surface area contributed by atoms with Crippen LogP contribution in [0.5, 0.6) is 0 Å². The number of hydrogen-bond donors (Lipinski definition) is 0. The number of Topliss-reactive ketones (excluding diaryl/α,β-unsaturated/α-hetero) is 1. The van der Waals surface area contributed by atoms with E-state index in [-0.39, 0.29) is 11.7 Å². The number of halogens is 1. The molecule has 0 radical (unpaired) electrons. The third-order valence-corrected chi connectivity index (χ3v) is 2.95. The van der Waals surface area contributed by atoms with Crippen molar-refractivity contribution >= 4 is 21.7 Å². The first-order valence-corrected chi connectivity index (χ1v) is 5.44. The number of rotatable bonds is 3. The van der Waals surface area contributed by atoms with E-state index in [1.807, 2.05) is 38.1 Å². The van der Waals surface area contributed by atoms with Crippen LogP contribution >= 0.6 is 15.9 Å². The average Bonchev–Trinajstić information content (AvgIpc) is 2.15. The molecule has 1 rings (SSSR count). The van der Waals surface area contributed by atoms with Crippen molar-refractivity contribution in [2.75, 3.05) is 5.33 Å². The van der Waals surface area contributed by atoms with Crippen LogP contribution in [0.1, 0.15) is 22.8 Å². The normalized spacial score (nSPS) is 12.5. The molecule has 1 atom stereocenters. The predicted molar refractivity (Wildman–Crippen MR) is 58.5 cm³/mol. The molecule has 1 nitrogen and oxygen atoms in total. The molecule has 0 aromatic heterocycles. The van der Waals surface area contributed by atoms with E-state index in [1.54, 1.807) is 0 Å². The van der Waals surface area contributed by atoms with E-state index in [0.29, 0.717) is 0 Å². The van der Waals surface area contributed by atoms with Gasteiger partial charge in [-0.1, -0.05) is 46.6 Å². The molecule has 0 aliphatic rings. The molecule has 70 valence electrons. The summed E-state index contributed by atoms with van der Waals surface area (Å²) in [7, 11) is 0. The Kier molecular flexibility index (Phi) is 3.67. The first kappa shape index (κ1) is 10.5. The second-order valence-electron chi connectivity index (χ2n) is 3.29. The van der Waals surface area contributed by atoms with E-state index in [2.05, 4.69) is 15.9 Å². The van der Waals surface area contributed by atoms with Crippen molar-refractivity contribution in [3.05, 3.63) is 35.4 Å². The molecule has 0 saturated carbocycles. The van der Waals surface area contributed by atoms with Gasteiger partial charge in [0.1, 0.15) is 0 Å². The van der Waals surface area contributed by atoms with Crippen molar-refractivity contribution < 1.29 is 4.79 Å². The third-order valence-electron chi connectivity index (χ3n) is 1.98. The van der Waals surface area contributed by atoms with E-state index in [9.17, 15) is 4.79 Å². The summed E-state index contributed by atoms with van der Waals surface area (Å²) in [6, 6.07) is 7.72. The number of hydrogen-bond acceptors (Lipinski definition) is 1. The maximum absolute atomic E-state index is 11.7. The summed E-state index contributed by atoms with van der Waals surface area (Å²) in [5, 5.41) is 0.722. The van der Waals surface area contributed by atoms with E-state index in [0.717, 1.165) is 16.5 Å². The van der Waals surface area contributed by atoms with Gasteiger partial charge in [0.25, 0.3) is 0 Å². The molecule has 1 aromatic rings. The minimum atomic E-state index is 0.0572. The summed E-state index contributed by atoms with van der Waals surface area (Å²) in [4.78, 5) is 11.7. The number of aryl methyl sites for hydroxylation is 1. The molecule has 2 heteroatoms. The Morgan fingerprint density at radius 1 is 1.54 bits per heavy atom. The van der Waals surface area contributed by atoms with Gasteiger partial charge in [-0.25, -0.2) is 0 Å². The number of carbonyl (C=O) groups is 1. The highest BCUT2D eigenvalue weighted by molar-refractivity contribution is 9.09. The topological polar surface area (TPSA) is 17.1 Å². The fourth-order valence-corrected chi connectivity index (χ4v) is 1.45. The largest absolute Gasteiger partial charge is 0.294 e. The van der Waals surface area contributed by atoms with Crippen LogP contribution in [0.4, 0.5) is 0 Å². The molecular weight excluding hydrogens is 228 g/mol. The Morgan fingerprint density at radius 3 is 2.77 bits per heavy atom. The first-order chi connectivity index (χ1) is 6.15. The highest BCUT2D eigenvalue weighted by Crippen LogP contribution is 2.12. The van der Waals surface area contributed by atoms with Gasteiger partial charge in [0.05, 0.1) is 0 Å². The second-order valence-corrected chi connectivity index (χ2v) is 3.94. The Hall–Kier alpha value is -0.630. The molecule has 1 aromatic carbocycles. The third kappa shape index (κ3) is 2.66. The number of benzene rings is 1. The summed E-state index contributed by atoms with van der Waals surface area (Å²) in [5.41, 5.74) is 1.94. The van der Waals surface area contributed by atoms with Gasteiger partial charge in [-0.3, -0.25) is 4.79 Å². The lowest BCUT2D eigenvalue weighted by atomic mass is 10.00. The van der Waals surface area contributed by atoms with Gasteiger partial charge in [-0.15, -0.1) is 0 Å². The predicted octanol–water partition coefficient (Wildman–Crippen LogP) is 3.21. The quantitative estimate of drug-likeness (QED) is 0.586. The minimum Gasteiger partial charge on any atom is -0.294 e. The minimum absolute atomic E-state index is 0.0572. The smallest absolute Gasteiger partial charge is 0.166 e. The number of carbonyl (C=O) groups excluding carboxylic acids is 1. The molecule has 0 amide bonds. The summed E-state index contributed by atoms with van der Waals surface area (Å²) < 4.78 is 0. The molecule has 13 heavy (non-hydrogen) atoms. The van der Waals surface area contributed by atoms with E-state index in [1.165, 1.54) is 0 Å². The average molecular weight is 241 g/mol. The van der Waals surface area contributed by atoms with Gasteiger partial charge in [-0.2, -0.15) is 0 Å². The highest BCUT2D eigenvalue weighted by Gasteiger charge is 2.13. The van der Waals surface area contributed by atoms with Crippen LogP contribution < -0.4 is 0 Å². The zero-order valence-electron chi connectivity index (χ0n) is 7.88. The standard InChI is InChI=1S/C11H13BrO/c1-8-4-3-5-10(6-8)11(13)9(2)7-12/h3-6,9H,7H2,1-2H3. The van der Waals surface area contributed by atoms with Gasteiger partial charge in [0, 0.05) is 16.8 Å². The Morgan fingerprint density at radius 2 is 2.23 bits per heavy atom. The summed E-state index contributed by atoms with van der Waals surface area (Å²) in [6.07, 6.45) is 0. The second kappa shape index (κ2) is 4.56. The molecule has 0 aliphatic heterocycles. The van der Waals surface area contributed by atoms with E-state index < -0.39 is 0 Å². The van der Waals surface area contributed by atoms with Crippen molar-refractivity contribution in [2.45, 2.75) is 13.8 Å². The van der Waals surface area contributed by atoms with Gasteiger partial charge >= 0.3 is 0 Å². The zero-order chi connectivity index (χ0) is 9.84. The van der Waals surface area contributed by atoms with Crippen LogP contribution in [0.15, 0.2) is 24.3 Å². The molecule has 0 saturated heterocycles. The van der Waals surface area contributed by atoms with E-state index in [4.69, 9.17) is 0 Å². The van der Waals surface area contributed by atoms with Crippen LogP contribution in [0.3, 0.4) is 0 Å². The Bertz CT molecular complexity index is 307. The SMILES string of the molecule is Cc1cccc(C(=O)C(C)CBr)c1. The molecule has 0 N–H and O–H groups in total. The molecule has 0 bridgehead atoms. The Balaban J connectivity index is 2.89. The fraction of sp³-hybridized carbons (Fsp3) is 0.364. The van der Waals surface area contributed by atoms with Crippen LogP contribution in [-0.4, -0.2) is 11.1 Å². The lowest BCUT2D eigenvalue weighted by molar-refractivity contribution is 0.0942.